The van der Waals surface area contributed by atoms with E-state index < -0.39 is 63.6 Å². The number of fused-ring (bicyclic) bond motifs is 4. The largest absolute Gasteiger partial charge is 0.460 e. The molecule has 0 radical (unpaired) electrons. The van der Waals surface area contributed by atoms with E-state index in [-0.39, 0.29) is 21.5 Å². The summed E-state index contributed by atoms with van der Waals surface area (Å²) < 4.78 is 173. The zero-order valence-electron chi connectivity index (χ0n) is 19.9. The summed E-state index contributed by atoms with van der Waals surface area (Å²) in [6, 6.07) is 10.9. The van der Waals surface area contributed by atoms with Crippen LogP contribution in [0.15, 0.2) is 72.8 Å². The van der Waals surface area contributed by atoms with Gasteiger partial charge in [0.15, 0.2) is 5.60 Å². The molecule has 0 unspecified atom stereocenters. The van der Waals surface area contributed by atoms with Crippen molar-refractivity contribution >= 4 is 21.5 Å². The van der Waals surface area contributed by atoms with Gasteiger partial charge in [-0.1, -0.05) is 48.5 Å². The molecule has 0 bridgehead atoms. The van der Waals surface area contributed by atoms with Crippen molar-refractivity contribution in [1.29, 1.82) is 0 Å². The Kier molecular flexibility index (Phi) is 5.85. The van der Waals surface area contributed by atoms with Crippen LogP contribution in [-0.4, -0.2) is 40.3 Å². The van der Waals surface area contributed by atoms with Gasteiger partial charge in [-0.15, -0.1) is 0 Å². The Morgan fingerprint density at radius 1 is 0.439 bits per heavy atom. The fourth-order valence-electron chi connectivity index (χ4n) is 5.21. The van der Waals surface area contributed by atoms with Gasteiger partial charge < -0.3 is 10.2 Å². The lowest BCUT2D eigenvalue weighted by Gasteiger charge is -2.49. The third-order valence-electron chi connectivity index (χ3n) is 7.34. The van der Waals surface area contributed by atoms with Crippen LogP contribution in [0.3, 0.4) is 0 Å². The van der Waals surface area contributed by atoms with Crippen molar-refractivity contribution in [2.75, 3.05) is 0 Å². The average Bonchev–Trinajstić information content (AvgIpc) is 2.88. The van der Waals surface area contributed by atoms with Crippen molar-refractivity contribution < 1.29 is 62.9 Å². The van der Waals surface area contributed by atoms with Crippen LogP contribution in [0, 0.1) is 0 Å². The van der Waals surface area contributed by atoms with E-state index in [1.165, 1.54) is 24.3 Å². The SMILES string of the molecule is OC1(C(F)(F)F)c2cc3ccccc3cc2C(O)(C(F)(F)C(F)(F)C(F)(F)C(F)(F)F)c2cc3ccccc3cc21. The summed E-state index contributed by atoms with van der Waals surface area (Å²) in [5.74, 6) is -21.7. The molecule has 1 aliphatic rings. The summed E-state index contributed by atoms with van der Waals surface area (Å²) in [5, 5.41) is 21.7. The molecular weight excluding hydrogens is 584 g/mol. The van der Waals surface area contributed by atoms with Crippen LogP contribution in [0.2, 0.25) is 0 Å². The molecule has 0 heterocycles. The van der Waals surface area contributed by atoms with E-state index in [2.05, 4.69) is 0 Å². The van der Waals surface area contributed by atoms with Gasteiger partial charge in [-0.2, -0.15) is 52.7 Å². The van der Waals surface area contributed by atoms with E-state index in [0.29, 0.717) is 24.3 Å². The molecule has 0 atom stereocenters. The molecule has 1 aliphatic carbocycles. The van der Waals surface area contributed by atoms with E-state index in [0.717, 1.165) is 24.3 Å². The van der Waals surface area contributed by atoms with Crippen LogP contribution in [0.4, 0.5) is 52.7 Å². The van der Waals surface area contributed by atoms with Crippen molar-refractivity contribution in [3.63, 3.8) is 0 Å². The average molecular weight is 598 g/mol. The molecule has 2 N–H and O–H groups in total. The van der Waals surface area contributed by atoms with Crippen molar-refractivity contribution in [2.45, 2.75) is 41.3 Å². The predicted molar refractivity (Wildman–Crippen MR) is 121 cm³/mol. The van der Waals surface area contributed by atoms with Crippen LogP contribution >= 0.6 is 0 Å². The Hall–Kier alpha value is -3.52. The standard InChI is InChI=1S/C27H14F12O2/c28-23(29,24(30,31)25(32,33)27(37,38)39)21(40)17-9-13-5-1-3-7-15(13)11-19(17)22(41,26(34,35)36)20-12-16-8-4-2-6-14(16)10-18(20)21/h1-12,40-41H. The molecule has 41 heavy (non-hydrogen) atoms. The number of aliphatic hydroxyl groups is 2. The van der Waals surface area contributed by atoms with Gasteiger partial charge in [-0.25, -0.2) is 0 Å². The molecule has 0 aromatic heterocycles. The topological polar surface area (TPSA) is 40.5 Å². The van der Waals surface area contributed by atoms with Gasteiger partial charge in [0.05, 0.1) is 0 Å². The minimum absolute atomic E-state index is 0.198. The minimum Gasteiger partial charge on any atom is -0.374 e. The molecule has 0 amide bonds. The fraction of sp³-hybridized carbons (Fsp3) is 0.259. The summed E-state index contributed by atoms with van der Waals surface area (Å²) in [5.41, 5.74) is -16.3. The van der Waals surface area contributed by atoms with Crippen LogP contribution in [-0.2, 0) is 11.2 Å². The van der Waals surface area contributed by atoms with Crippen molar-refractivity contribution in [1.82, 2.24) is 0 Å². The Morgan fingerprint density at radius 3 is 1.00 bits per heavy atom. The second-order valence-corrected chi connectivity index (χ2v) is 9.63. The Balaban J connectivity index is 2.01. The van der Waals surface area contributed by atoms with E-state index in [1.54, 1.807) is 0 Å². The fourth-order valence-corrected chi connectivity index (χ4v) is 5.21. The maximum Gasteiger partial charge on any atom is 0.460 e. The van der Waals surface area contributed by atoms with Crippen LogP contribution < -0.4 is 0 Å². The Morgan fingerprint density at radius 2 is 0.732 bits per heavy atom. The summed E-state index contributed by atoms with van der Waals surface area (Å²) in [7, 11) is 0. The molecule has 4 aromatic rings. The first kappa shape index (κ1) is 29.0. The first-order chi connectivity index (χ1) is 18.6. The molecule has 218 valence electrons. The van der Waals surface area contributed by atoms with Gasteiger partial charge in [0.2, 0.25) is 5.60 Å². The number of alkyl halides is 12. The summed E-state index contributed by atoms with van der Waals surface area (Å²) in [6.45, 7) is 0. The molecule has 2 nitrogen and oxygen atoms in total. The first-order valence-corrected chi connectivity index (χ1v) is 11.4. The molecular formula is C27H14F12O2. The summed E-state index contributed by atoms with van der Waals surface area (Å²) in [6.07, 6.45) is -13.1. The summed E-state index contributed by atoms with van der Waals surface area (Å²) >= 11 is 0. The monoisotopic (exact) mass is 598 g/mol. The zero-order valence-corrected chi connectivity index (χ0v) is 19.9. The molecule has 14 heteroatoms. The number of hydrogen-bond donors (Lipinski definition) is 2. The quantitative estimate of drug-likeness (QED) is 0.236. The maximum atomic E-state index is 15.9. The smallest absolute Gasteiger partial charge is 0.374 e. The van der Waals surface area contributed by atoms with Crippen molar-refractivity contribution in [3.8, 4) is 0 Å². The number of halogens is 12. The van der Waals surface area contributed by atoms with Crippen molar-refractivity contribution in [2.24, 2.45) is 0 Å². The second-order valence-electron chi connectivity index (χ2n) is 9.63. The lowest BCUT2D eigenvalue weighted by atomic mass is 9.63. The normalized spacial score (nSPS) is 22.1. The van der Waals surface area contributed by atoms with Crippen LogP contribution in [0.5, 0.6) is 0 Å². The van der Waals surface area contributed by atoms with E-state index in [4.69, 9.17) is 0 Å². The first-order valence-electron chi connectivity index (χ1n) is 11.4. The predicted octanol–water partition coefficient (Wildman–Crippen LogP) is 7.81. The van der Waals surface area contributed by atoms with Gasteiger partial charge in [0.1, 0.15) is 0 Å². The number of rotatable bonds is 3. The highest BCUT2D eigenvalue weighted by molar-refractivity contribution is 5.89. The number of benzene rings is 4. The molecule has 0 saturated heterocycles. The van der Waals surface area contributed by atoms with Gasteiger partial charge in [0, 0.05) is 22.3 Å². The van der Waals surface area contributed by atoms with Gasteiger partial charge >= 0.3 is 30.1 Å². The van der Waals surface area contributed by atoms with E-state index >= 15 is 8.78 Å². The lowest BCUT2D eigenvalue weighted by Crippen LogP contribution is -2.69. The molecule has 0 saturated carbocycles. The van der Waals surface area contributed by atoms with Gasteiger partial charge in [0.25, 0.3) is 0 Å². The molecule has 5 rings (SSSR count). The van der Waals surface area contributed by atoms with Gasteiger partial charge in [-0.05, 0) is 45.8 Å². The van der Waals surface area contributed by atoms with E-state index in [1.807, 2.05) is 0 Å². The molecule has 0 spiro atoms. The zero-order chi connectivity index (χ0) is 30.6. The van der Waals surface area contributed by atoms with Crippen LogP contribution in [0.25, 0.3) is 21.5 Å². The minimum atomic E-state index is -7.47. The lowest BCUT2D eigenvalue weighted by molar-refractivity contribution is -0.415. The molecule has 4 aromatic carbocycles. The highest BCUT2D eigenvalue weighted by Crippen LogP contribution is 2.65. The second kappa shape index (κ2) is 8.28. The highest BCUT2D eigenvalue weighted by Gasteiger charge is 2.87. The third kappa shape index (κ3) is 3.49. The van der Waals surface area contributed by atoms with Gasteiger partial charge in [-0.3, -0.25) is 0 Å². The highest BCUT2D eigenvalue weighted by atomic mass is 19.4. The molecule has 0 aliphatic heterocycles. The third-order valence-corrected chi connectivity index (χ3v) is 7.34. The number of hydrogen-bond acceptors (Lipinski definition) is 2. The van der Waals surface area contributed by atoms with Crippen LogP contribution in [0.1, 0.15) is 22.3 Å². The molecule has 0 fully saturated rings. The summed E-state index contributed by atoms with van der Waals surface area (Å²) in [4.78, 5) is 0. The Labute approximate surface area is 221 Å². The van der Waals surface area contributed by atoms with Crippen molar-refractivity contribution in [3.05, 3.63) is 95.1 Å². The Bertz CT molecular complexity index is 1600. The maximum absolute atomic E-state index is 15.9. The van der Waals surface area contributed by atoms with E-state index in [9.17, 15) is 54.1 Å².